The summed E-state index contributed by atoms with van der Waals surface area (Å²) in [5.41, 5.74) is 0. The molecule has 120 valence electrons. The third-order valence-corrected chi connectivity index (χ3v) is 8.99. The van der Waals surface area contributed by atoms with Gasteiger partial charge in [0.2, 0.25) is 0 Å². The van der Waals surface area contributed by atoms with Crippen LogP contribution in [0.3, 0.4) is 0 Å². The van der Waals surface area contributed by atoms with Crippen LogP contribution in [-0.4, -0.2) is 22.6 Å². The van der Waals surface area contributed by atoms with E-state index in [4.69, 9.17) is 0 Å². The van der Waals surface area contributed by atoms with Crippen LogP contribution >= 0.6 is 11.8 Å². The standard InChI is InChI=1S/C19H33NS/c1-3-4-7-13-12(2)21-19-14(13)10-11-17-18(19)15-8-5-6-9-16(15)20-17/h12-20H,3-11H2,1-2H3/t12?,13?,14?,15?,16-,17?,18+,19-/m0/s1. The first-order valence-corrected chi connectivity index (χ1v) is 10.7. The molecule has 0 aromatic carbocycles. The Kier molecular flexibility index (Phi) is 4.30. The molecule has 4 fully saturated rings. The zero-order valence-corrected chi connectivity index (χ0v) is 14.7. The molecule has 4 rings (SSSR count). The van der Waals surface area contributed by atoms with Gasteiger partial charge in [0.1, 0.15) is 0 Å². The fourth-order valence-corrected chi connectivity index (χ4v) is 8.46. The largest absolute Gasteiger partial charge is 0.311 e. The second kappa shape index (κ2) is 6.07. The second-order valence-electron chi connectivity index (χ2n) is 8.26. The minimum Gasteiger partial charge on any atom is -0.311 e. The summed E-state index contributed by atoms with van der Waals surface area (Å²) in [5.74, 6) is 4.14. The molecule has 0 aromatic rings. The van der Waals surface area contributed by atoms with Gasteiger partial charge in [-0.15, -0.1) is 0 Å². The van der Waals surface area contributed by atoms with E-state index in [9.17, 15) is 0 Å². The summed E-state index contributed by atoms with van der Waals surface area (Å²) in [6, 6.07) is 1.77. The Hall–Kier alpha value is 0.310. The highest BCUT2D eigenvalue weighted by atomic mass is 32.2. The lowest BCUT2D eigenvalue weighted by molar-refractivity contribution is 0.164. The van der Waals surface area contributed by atoms with Crippen LogP contribution in [0.15, 0.2) is 0 Å². The summed E-state index contributed by atoms with van der Waals surface area (Å²) in [5, 5.41) is 5.99. The molecule has 2 heteroatoms. The number of unbranched alkanes of at least 4 members (excludes halogenated alkanes) is 1. The van der Waals surface area contributed by atoms with Crippen LogP contribution in [0, 0.1) is 23.7 Å². The monoisotopic (exact) mass is 307 g/mol. The zero-order valence-electron chi connectivity index (χ0n) is 13.9. The first-order chi connectivity index (χ1) is 10.3. The molecule has 4 aliphatic rings. The lowest BCUT2D eigenvalue weighted by atomic mass is 9.66. The van der Waals surface area contributed by atoms with E-state index in [0.29, 0.717) is 0 Å². The molecular weight excluding hydrogens is 274 g/mol. The maximum atomic E-state index is 4.07. The van der Waals surface area contributed by atoms with Gasteiger partial charge < -0.3 is 5.32 Å². The highest BCUT2D eigenvalue weighted by Crippen LogP contribution is 2.58. The fourth-order valence-electron chi connectivity index (χ4n) is 6.32. The smallest absolute Gasteiger partial charge is 0.0127 e. The Morgan fingerprint density at radius 3 is 2.71 bits per heavy atom. The first kappa shape index (κ1) is 14.9. The molecule has 0 bridgehead atoms. The third kappa shape index (κ3) is 2.49. The van der Waals surface area contributed by atoms with Gasteiger partial charge in [-0.05, 0) is 55.8 Å². The van der Waals surface area contributed by atoms with Crippen molar-refractivity contribution in [3.05, 3.63) is 0 Å². The van der Waals surface area contributed by atoms with Crippen molar-refractivity contribution >= 4 is 11.8 Å². The molecule has 2 saturated carbocycles. The van der Waals surface area contributed by atoms with Crippen LogP contribution in [-0.2, 0) is 0 Å². The van der Waals surface area contributed by atoms with Gasteiger partial charge in [-0.25, -0.2) is 0 Å². The summed E-state index contributed by atoms with van der Waals surface area (Å²) in [6.07, 6.45) is 13.3. The fraction of sp³-hybridized carbons (Fsp3) is 1.00. The van der Waals surface area contributed by atoms with E-state index in [1.165, 1.54) is 57.8 Å². The number of hydrogen-bond donors (Lipinski definition) is 1. The summed E-state index contributed by atoms with van der Waals surface area (Å²) >= 11 is 2.40. The van der Waals surface area contributed by atoms with Crippen molar-refractivity contribution < 1.29 is 0 Å². The Labute approximate surface area is 135 Å². The summed E-state index contributed by atoms with van der Waals surface area (Å²) in [6.45, 7) is 4.90. The molecule has 1 nitrogen and oxygen atoms in total. The normalized spacial score (nSPS) is 52.3. The Balaban J connectivity index is 1.52. The topological polar surface area (TPSA) is 12.0 Å². The molecule has 0 radical (unpaired) electrons. The minimum atomic E-state index is 0.879. The Bertz CT molecular complexity index is 371. The number of nitrogens with one attached hydrogen (secondary N) is 1. The maximum absolute atomic E-state index is 4.07. The van der Waals surface area contributed by atoms with E-state index in [-0.39, 0.29) is 0 Å². The number of hydrogen-bond acceptors (Lipinski definition) is 2. The quantitative estimate of drug-likeness (QED) is 0.799. The third-order valence-electron chi connectivity index (χ3n) is 7.23. The second-order valence-corrected chi connectivity index (χ2v) is 9.82. The van der Waals surface area contributed by atoms with E-state index in [2.05, 4.69) is 30.9 Å². The average Bonchev–Trinajstić information content (AvgIpc) is 3.02. The molecule has 8 atom stereocenters. The predicted molar refractivity (Wildman–Crippen MR) is 92.7 cm³/mol. The zero-order chi connectivity index (χ0) is 14.4. The van der Waals surface area contributed by atoms with Crippen LogP contribution in [0.4, 0.5) is 0 Å². The molecule has 0 aromatic heterocycles. The van der Waals surface area contributed by atoms with Crippen molar-refractivity contribution in [3.63, 3.8) is 0 Å². The SMILES string of the molecule is CCCCC1C(C)S[C@H]2C1CCC1N[C@H]3CCCCC3[C@H]12. The predicted octanol–water partition coefficient (Wildman–Crippen LogP) is 4.85. The average molecular weight is 308 g/mol. The molecule has 1 N–H and O–H groups in total. The van der Waals surface area contributed by atoms with Crippen molar-refractivity contribution in [2.24, 2.45) is 23.7 Å². The first-order valence-electron chi connectivity index (χ1n) is 9.71. The molecule has 2 aliphatic heterocycles. The van der Waals surface area contributed by atoms with Gasteiger partial charge in [-0.1, -0.05) is 39.5 Å². The van der Waals surface area contributed by atoms with Gasteiger partial charge in [0.05, 0.1) is 0 Å². The molecule has 2 saturated heterocycles. The van der Waals surface area contributed by atoms with Gasteiger partial charge in [0.25, 0.3) is 0 Å². The molecule has 2 aliphatic carbocycles. The van der Waals surface area contributed by atoms with Gasteiger partial charge in [-0.3, -0.25) is 0 Å². The van der Waals surface area contributed by atoms with E-state index in [1.54, 1.807) is 0 Å². The molecule has 2 heterocycles. The Morgan fingerprint density at radius 1 is 1.00 bits per heavy atom. The lowest BCUT2D eigenvalue weighted by Crippen LogP contribution is -2.42. The number of rotatable bonds is 3. The summed E-state index contributed by atoms with van der Waals surface area (Å²) in [7, 11) is 0. The molecule has 0 amide bonds. The van der Waals surface area contributed by atoms with Crippen molar-refractivity contribution in [1.29, 1.82) is 0 Å². The van der Waals surface area contributed by atoms with Crippen molar-refractivity contribution in [1.82, 2.24) is 5.32 Å². The van der Waals surface area contributed by atoms with Gasteiger partial charge >= 0.3 is 0 Å². The summed E-state index contributed by atoms with van der Waals surface area (Å²) < 4.78 is 0. The highest BCUT2D eigenvalue weighted by Gasteiger charge is 2.55. The van der Waals surface area contributed by atoms with Crippen LogP contribution in [0.25, 0.3) is 0 Å². The molecule has 5 unspecified atom stereocenters. The van der Waals surface area contributed by atoms with Crippen LogP contribution in [0.1, 0.15) is 71.6 Å². The van der Waals surface area contributed by atoms with E-state index in [1.807, 2.05) is 0 Å². The number of thioether (sulfide) groups is 1. The minimum absolute atomic E-state index is 0.879. The Morgan fingerprint density at radius 2 is 1.86 bits per heavy atom. The van der Waals surface area contributed by atoms with Gasteiger partial charge in [0.15, 0.2) is 0 Å². The highest BCUT2D eigenvalue weighted by molar-refractivity contribution is 8.00. The maximum Gasteiger partial charge on any atom is 0.0127 e. The van der Waals surface area contributed by atoms with E-state index >= 15 is 0 Å². The summed E-state index contributed by atoms with van der Waals surface area (Å²) in [4.78, 5) is 0. The van der Waals surface area contributed by atoms with Crippen LogP contribution < -0.4 is 5.32 Å². The van der Waals surface area contributed by atoms with Crippen molar-refractivity contribution in [2.45, 2.75) is 94.2 Å². The van der Waals surface area contributed by atoms with E-state index < -0.39 is 0 Å². The molecule has 21 heavy (non-hydrogen) atoms. The van der Waals surface area contributed by atoms with E-state index in [0.717, 1.165) is 46.3 Å². The van der Waals surface area contributed by atoms with Gasteiger partial charge in [0, 0.05) is 22.6 Å². The van der Waals surface area contributed by atoms with Crippen molar-refractivity contribution in [3.8, 4) is 0 Å². The van der Waals surface area contributed by atoms with Crippen molar-refractivity contribution in [2.75, 3.05) is 0 Å². The lowest BCUT2D eigenvalue weighted by Gasteiger charge is -2.40. The number of fused-ring (bicyclic) bond motifs is 5. The molecule has 0 spiro atoms. The van der Waals surface area contributed by atoms with Crippen LogP contribution in [0.2, 0.25) is 0 Å². The molecular formula is C19H33NS. The van der Waals surface area contributed by atoms with Crippen LogP contribution in [0.5, 0.6) is 0 Å². The van der Waals surface area contributed by atoms with Gasteiger partial charge in [-0.2, -0.15) is 11.8 Å².